The maximum absolute atomic E-state index is 13.6. The van der Waals surface area contributed by atoms with Gasteiger partial charge in [0.2, 0.25) is 5.91 Å². The van der Waals surface area contributed by atoms with Crippen LogP contribution in [-0.2, 0) is 11.3 Å². The monoisotopic (exact) mass is 345 g/mol. The minimum absolute atomic E-state index is 0.127. The third-order valence-corrected chi connectivity index (χ3v) is 3.68. The number of para-hydroxylation sites is 1. The molecule has 0 unspecified atom stereocenters. The van der Waals surface area contributed by atoms with Gasteiger partial charge in [-0.05, 0) is 24.3 Å². The van der Waals surface area contributed by atoms with Crippen LogP contribution in [0.5, 0.6) is 0 Å². The fraction of sp³-hybridized carbons (Fsp3) is 0.125. The smallest absolute Gasteiger partial charge is 0.241 e. The number of carbonyl (C=O) groups excluding carboxylic acids is 1. The van der Waals surface area contributed by atoms with Crippen molar-refractivity contribution in [1.82, 2.24) is 20.4 Å². The summed E-state index contributed by atoms with van der Waals surface area (Å²) in [6.45, 7) is 0.363. The lowest BCUT2D eigenvalue weighted by atomic mass is 10.2. The van der Waals surface area contributed by atoms with Gasteiger partial charge in [-0.1, -0.05) is 35.0 Å². The molecule has 0 atom stereocenters. The number of hydrazone groups is 1. The zero-order valence-corrected chi connectivity index (χ0v) is 13.2. The summed E-state index contributed by atoms with van der Waals surface area (Å²) in [6.07, 6.45) is 1.34. The Hall–Kier alpha value is -2.80. The summed E-state index contributed by atoms with van der Waals surface area (Å²) in [5.41, 5.74) is 4.09. The first-order chi connectivity index (χ1) is 11.6. The highest BCUT2D eigenvalue weighted by Gasteiger charge is 2.07. The van der Waals surface area contributed by atoms with E-state index in [0.717, 1.165) is 11.0 Å². The van der Waals surface area contributed by atoms with Crippen LogP contribution in [0, 0.1) is 5.82 Å². The molecule has 122 valence electrons. The highest BCUT2D eigenvalue weighted by molar-refractivity contribution is 6.33. The van der Waals surface area contributed by atoms with Crippen molar-refractivity contribution in [2.75, 3.05) is 0 Å². The number of nitrogens with zero attached hydrogens (tertiary/aromatic N) is 4. The molecule has 1 amide bonds. The Morgan fingerprint density at radius 3 is 2.96 bits per heavy atom. The number of benzene rings is 2. The highest BCUT2D eigenvalue weighted by atomic mass is 35.5. The van der Waals surface area contributed by atoms with Gasteiger partial charge in [-0.2, -0.15) is 5.10 Å². The lowest BCUT2D eigenvalue weighted by Gasteiger charge is -2.02. The normalized spacial score (nSPS) is 11.2. The minimum atomic E-state index is -0.505. The Morgan fingerprint density at radius 1 is 1.29 bits per heavy atom. The average Bonchev–Trinajstić information content (AvgIpc) is 2.99. The molecule has 0 aliphatic carbocycles. The lowest BCUT2D eigenvalue weighted by Crippen LogP contribution is -2.19. The van der Waals surface area contributed by atoms with Crippen molar-refractivity contribution in [3.63, 3.8) is 0 Å². The van der Waals surface area contributed by atoms with Gasteiger partial charge in [0.15, 0.2) is 0 Å². The molecule has 0 saturated heterocycles. The van der Waals surface area contributed by atoms with Crippen molar-refractivity contribution < 1.29 is 9.18 Å². The fourth-order valence-electron chi connectivity index (χ4n) is 2.15. The number of aryl methyl sites for hydroxylation is 1. The van der Waals surface area contributed by atoms with Crippen molar-refractivity contribution in [3.8, 4) is 0 Å². The summed E-state index contributed by atoms with van der Waals surface area (Å²) in [7, 11) is 0. The van der Waals surface area contributed by atoms with Gasteiger partial charge >= 0.3 is 0 Å². The molecule has 0 radical (unpaired) electrons. The Morgan fingerprint density at radius 2 is 2.12 bits per heavy atom. The average molecular weight is 346 g/mol. The summed E-state index contributed by atoms with van der Waals surface area (Å²) in [5, 5.41) is 12.0. The zero-order valence-electron chi connectivity index (χ0n) is 12.5. The van der Waals surface area contributed by atoms with Gasteiger partial charge in [0, 0.05) is 12.0 Å². The summed E-state index contributed by atoms with van der Waals surface area (Å²) in [5.74, 6) is -0.826. The van der Waals surface area contributed by atoms with Gasteiger partial charge in [0.05, 0.1) is 23.3 Å². The third kappa shape index (κ3) is 3.57. The highest BCUT2D eigenvalue weighted by Crippen LogP contribution is 2.16. The van der Waals surface area contributed by atoms with Gasteiger partial charge in [-0.3, -0.25) is 4.79 Å². The second-order valence-corrected chi connectivity index (χ2v) is 5.39. The second-order valence-electron chi connectivity index (χ2n) is 4.98. The lowest BCUT2D eigenvalue weighted by molar-refractivity contribution is -0.121. The molecule has 0 aliphatic rings. The molecular weight excluding hydrogens is 333 g/mol. The molecule has 24 heavy (non-hydrogen) atoms. The minimum Gasteiger partial charge on any atom is -0.273 e. The van der Waals surface area contributed by atoms with E-state index in [4.69, 9.17) is 11.6 Å². The van der Waals surface area contributed by atoms with Crippen LogP contribution in [0.25, 0.3) is 11.0 Å². The number of rotatable bonds is 5. The van der Waals surface area contributed by atoms with Gasteiger partial charge in [0.25, 0.3) is 0 Å². The van der Waals surface area contributed by atoms with Crippen LogP contribution in [0.15, 0.2) is 47.6 Å². The fourth-order valence-corrected chi connectivity index (χ4v) is 2.36. The van der Waals surface area contributed by atoms with E-state index in [0.29, 0.717) is 6.54 Å². The van der Waals surface area contributed by atoms with Crippen LogP contribution in [0.4, 0.5) is 4.39 Å². The van der Waals surface area contributed by atoms with Gasteiger partial charge in [0.1, 0.15) is 11.3 Å². The molecule has 0 bridgehead atoms. The van der Waals surface area contributed by atoms with Crippen LogP contribution in [0.3, 0.4) is 0 Å². The Balaban J connectivity index is 1.57. The molecule has 0 aliphatic heterocycles. The molecule has 6 nitrogen and oxygen atoms in total. The molecule has 0 spiro atoms. The quantitative estimate of drug-likeness (QED) is 0.571. The number of aromatic nitrogens is 3. The number of carbonyl (C=O) groups is 1. The van der Waals surface area contributed by atoms with E-state index in [2.05, 4.69) is 20.8 Å². The largest absolute Gasteiger partial charge is 0.273 e. The van der Waals surface area contributed by atoms with Crippen molar-refractivity contribution in [2.45, 2.75) is 13.0 Å². The van der Waals surface area contributed by atoms with Crippen LogP contribution in [-0.4, -0.2) is 27.1 Å². The third-order valence-electron chi connectivity index (χ3n) is 3.35. The van der Waals surface area contributed by atoms with Crippen LogP contribution in [0.2, 0.25) is 5.02 Å². The van der Waals surface area contributed by atoms with E-state index in [-0.39, 0.29) is 22.9 Å². The molecule has 0 saturated carbocycles. The summed E-state index contributed by atoms with van der Waals surface area (Å²) in [6, 6.07) is 11.8. The molecule has 8 heteroatoms. The van der Waals surface area contributed by atoms with Crippen molar-refractivity contribution >= 4 is 34.8 Å². The van der Waals surface area contributed by atoms with Gasteiger partial charge in [-0.25, -0.2) is 14.5 Å². The topological polar surface area (TPSA) is 72.2 Å². The summed E-state index contributed by atoms with van der Waals surface area (Å²) < 4.78 is 15.2. The Bertz CT molecular complexity index is 888. The van der Waals surface area contributed by atoms with E-state index in [1.165, 1.54) is 18.3 Å². The zero-order chi connectivity index (χ0) is 16.9. The Kier molecular flexibility index (Phi) is 4.81. The second kappa shape index (κ2) is 7.18. The SMILES string of the molecule is O=C(CCn1nnc2ccccc21)N/N=C/c1c(F)cccc1Cl. The van der Waals surface area contributed by atoms with E-state index in [9.17, 15) is 9.18 Å². The van der Waals surface area contributed by atoms with Crippen molar-refractivity contribution in [1.29, 1.82) is 0 Å². The molecular formula is C16H13ClFN5O. The number of nitrogens with one attached hydrogen (secondary N) is 1. The number of halogens is 2. The standard InChI is InChI=1S/C16H13ClFN5O/c17-12-4-3-5-13(18)11(12)10-19-21-16(24)8-9-23-15-7-2-1-6-14(15)20-22-23/h1-7,10H,8-9H2,(H,21,24)/b19-10+. The van der Waals surface area contributed by atoms with E-state index in [1.807, 2.05) is 24.3 Å². The summed E-state index contributed by atoms with van der Waals surface area (Å²) >= 11 is 5.87. The predicted molar refractivity (Wildman–Crippen MR) is 89.3 cm³/mol. The van der Waals surface area contributed by atoms with Gasteiger partial charge in [-0.15, -0.1) is 5.10 Å². The maximum Gasteiger partial charge on any atom is 0.241 e. The van der Waals surface area contributed by atoms with Crippen LogP contribution >= 0.6 is 11.6 Å². The predicted octanol–water partition coefficient (Wildman–Crippen LogP) is 2.76. The van der Waals surface area contributed by atoms with Crippen molar-refractivity contribution in [3.05, 3.63) is 58.9 Å². The number of hydrogen-bond donors (Lipinski definition) is 1. The number of fused-ring (bicyclic) bond motifs is 1. The van der Waals surface area contributed by atoms with Crippen LogP contribution in [0.1, 0.15) is 12.0 Å². The first kappa shape index (κ1) is 16.1. The van der Waals surface area contributed by atoms with Crippen molar-refractivity contribution in [2.24, 2.45) is 5.10 Å². The van der Waals surface area contributed by atoms with Gasteiger partial charge < -0.3 is 0 Å². The van der Waals surface area contributed by atoms with E-state index < -0.39 is 5.82 Å². The molecule has 1 heterocycles. The van der Waals surface area contributed by atoms with E-state index in [1.54, 1.807) is 10.7 Å². The molecule has 1 N–H and O–H groups in total. The number of amides is 1. The summed E-state index contributed by atoms with van der Waals surface area (Å²) in [4.78, 5) is 11.8. The van der Waals surface area contributed by atoms with Crippen LogP contribution < -0.4 is 5.43 Å². The molecule has 0 fully saturated rings. The molecule has 1 aromatic heterocycles. The first-order valence-corrected chi connectivity index (χ1v) is 7.57. The Labute approximate surface area is 141 Å². The molecule has 3 rings (SSSR count). The molecule has 2 aromatic carbocycles. The number of hydrogen-bond acceptors (Lipinski definition) is 4. The maximum atomic E-state index is 13.6. The molecule has 3 aromatic rings. The first-order valence-electron chi connectivity index (χ1n) is 7.19. The van der Waals surface area contributed by atoms with E-state index >= 15 is 0 Å².